The Hall–Kier alpha value is -2.47. The predicted octanol–water partition coefficient (Wildman–Crippen LogP) is 3.59. The Morgan fingerprint density at radius 1 is 1.08 bits per heavy atom. The Bertz CT molecular complexity index is 724. The van der Waals surface area contributed by atoms with E-state index in [1.807, 2.05) is 19.1 Å². The van der Waals surface area contributed by atoms with Gasteiger partial charge in [-0.15, -0.1) is 11.3 Å². The SMILES string of the molecule is Cc1ccc(C(=O)CCC(=O)O[C@H](C)C(=O)Nc2ccccc2)s1. The zero-order valence-corrected chi connectivity index (χ0v) is 14.4. The lowest BCUT2D eigenvalue weighted by atomic mass is 10.2. The van der Waals surface area contributed by atoms with E-state index in [1.165, 1.54) is 18.3 Å². The van der Waals surface area contributed by atoms with Gasteiger partial charge in [-0.25, -0.2) is 0 Å². The number of para-hydroxylation sites is 1. The predicted molar refractivity (Wildman–Crippen MR) is 93.2 cm³/mol. The van der Waals surface area contributed by atoms with Crippen LogP contribution in [-0.4, -0.2) is 23.8 Å². The van der Waals surface area contributed by atoms with Crippen LogP contribution in [0.4, 0.5) is 5.69 Å². The molecule has 1 atom stereocenters. The number of esters is 1. The molecular formula is C18H19NO4S. The quantitative estimate of drug-likeness (QED) is 0.615. The third-order valence-electron chi connectivity index (χ3n) is 3.29. The van der Waals surface area contributed by atoms with Gasteiger partial charge in [-0.05, 0) is 38.1 Å². The van der Waals surface area contributed by atoms with Gasteiger partial charge in [-0.3, -0.25) is 14.4 Å². The van der Waals surface area contributed by atoms with Crippen LogP contribution >= 0.6 is 11.3 Å². The molecule has 0 saturated carbocycles. The minimum absolute atomic E-state index is 0.0429. The molecule has 1 heterocycles. The fourth-order valence-electron chi connectivity index (χ4n) is 2.00. The molecule has 2 rings (SSSR count). The number of aryl methyl sites for hydroxylation is 1. The molecule has 1 N–H and O–H groups in total. The van der Waals surface area contributed by atoms with Crippen molar-refractivity contribution in [3.63, 3.8) is 0 Å². The van der Waals surface area contributed by atoms with Gasteiger partial charge in [0.2, 0.25) is 0 Å². The standard InChI is InChI=1S/C18H19NO4S/c1-12-8-10-16(24-12)15(20)9-11-17(21)23-13(2)18(22)19-14-6-4-3-5-7-14/h3-8,10,13H,9,11H2,1-2H3,(H,19,22)/t13-/m1/s1. The first-order valence-corrected chi connectivity index (χ1v) is 8.42. The Balaban J connectivity index is 1.77. The third kappa shape index (κ3) is 5.31. The zero-order chi connectivity index (χ0) is 17.5. The Labute approximate surface area is 144 Å². The highest BCUT2D eigenvalue weighted by Gasteiger charge is 2.19. The average Bonchev–Trinajstić information content (AvgIpc) is 3.00. The molecule has 1 aromatic heterocycles. The number of carbonyl (C=O) groups is 3. The zero-order valence-electron chi connectivity index (χ0n) is 13.6. The number of ether oxygens (including phenoxy) is 1. The van der Waals surface area contributed by atoms with E-state index < -0.39 is 18.0 Å². The molecule has 0 aliphatic carbocycles. The first-order chi connectivity index (χ1) is 11.5. The maximum Gasteiger partial charge on any atom is 0.307 e. The van der Waals surface area contributed by atoms with Crippen LogP contribution in [0.2, 0.25) is 0 Å². The summed E-state index contributed by atoms with van der Waals surface area (Å²) >= 11 is 1.40. The van der Waals surface area contributed by atoms with Crippen LogP contribution in [0.5, 0.6) is 0 Å². The minimum atomic E-state index is -0.920. The van der Waals surface area contributed by atoms with Crippen molar-refractivity contribution in [3.8, 4) is 0 Å². The van der Waals surface area contributed by atoms with E-state index in [0.717, 1.165) is 4.88 Å². The number of hydrogen-bond donors (Lipinski definition) is 1. The lowest BCUT2D eigenvalue weighted by Gasteiger charge is -2.13. The Morgan fingerprint density at radius 3 is 2.42 bits per heavy atom. The van der Waals surface area contributed by atoms with Crippen LogP contribution in [0, 0.1) is 6.92 Å². The molecule has 2 aromatic rings. The summed E-state index contributed by atoms with van der Waals surface area (Å²) in [6.07, 6.45) is -0.887. The summed E-state index contributed by atoms with van der Waals surface area (Å²) in [7, 11) is 0. The number of ketones is 1. The summed E-state index contributed by atoms with van der Waals surface area (Å²) in [5.74, 6) is -1.06. The molecule has 0 saturated heterocycles. The summed E-state index contributed by atoms with van der Waals surface area (Å²) < 4.78 is 5.08. The second-order valence-corrected chi connectivity index (χ2v) is 6.61. The minimum Gasteiger partial charge on any atom is -0.453 e. The van der Waals surface area contributed by atoms with E-state index in [9.17, 15) is 14.4 Å². The third-order valence-corrected chi connectivity index (χ3v) is 4.33. The number of amides is 1. The van der Waals surface area contributed by atoms with Gasteiger partial charge in [0, 0.05) is 17.0 Å². The van der Waals surface area contributed by atoms with Crippen LogP contribution in [0.3, 0.4) is 0 Å². The smallest absolute Gasteiger partial charge is 0.307 e. The van der Waals surface area contributed by atoms with E-state index in [4.69, 9.17) is 4.74 Å². The highest BCUT2D eigenvalue weighted by molar-refractivity contribution is 7.14. The van der Waals surface area contributed by atoms with Gasteiger partial charge in [0.05, 0.1) is 11.3 Å². The molecule has 1 aromatic carbocycles. The van der Waals surface area contributed by atoms with Gasteiger partial charge in [-0.1, -0.05) is 18.2 Å². The fraction of sp³-hybridized carbons (Fsp3) is 0.278. The van der Waals surface area contributed by atoms with Crippen LogP contribution < -0.4 is 5.32 Å². The van der Waals surface area contributed by atoms with Gasteiger partial charge < -0.3 is 10.1 Å². The van der Waals surface area contributed by atoms with E-state index in [-0.39, 0.29) is 18.6 Å². The number of hydrogen-bond acceptors (Lipinski definition) is 5. The van der Waals surface area contributed by atoms with Crippen molar-refractivity contribution in [1.29, 1.82) is 0 Å². The first kappa shape index (κ1) is 17.9. The average molecular weight is 345 g/mol. The van der Waals surface area contributed by atoms with Crippen LogP contribution in [0.1, 0.15) is 34.3 Å². The van der Waals surface area contributed by atoms with Crippen molar-refractivity contribution in [3.05, 3.63) is 52.2 Å². The van der Waals surface area contributed by atoms with Crippen LogP contribution in [0.15, 0.2) is 42.5 Å². The molecule has 0 aliphatic heterocycles. The van der Waals surface area contributed by atoms with Crippen molar-refractivity contribution in [2.75, 3.05) is 5.32 Å². The first-order valence-electron chi connectivity index (χ1n) is 7.60. The van der Waals surface area contributed by atoms with Crippen molar-refractivity contribution >= 4 is 34.7 Å². The Morgan fingerprint density at radius 2 is 1.79 bits per heavy atom. The number of benzene rings is 1. The number of thiophene rings is 1. The molecule has 126 valence electrons. The molecule has 0 radical (unpaired) electrons. The molecule has 5 nitrogen and oxygen atoms in total. The van der Waals surface area contributed by atoms with Crippen LogP contribution in [0.25, 0.3) is 0 Å². The van der Waals surface area contributed by atoms with Gasteiger partial charge in [0.15, 0.2) is 11.9 Å². The second kappa shape index (κ2) is 8.40. The lowest BCUT2D eigenvalue weighted by molar-refractivity contribution is -0.153. The molecule has 6 heteroatoms. The van der Waals surface area contributed by atoms with Gasteiger partial charge in [0.25, 0.3) is 5.91 Å². The molecule has 24 heavy (non-hydrogen) atoms. The summed E-state index contributed by atoms with van der Waals surface area (Å²) in [6, 6.07) is 12.5. The van der Waals surface area contributed by atoms with E-state index >= 15 is 0 Å². The number of anilines is 1. The summed E-state index contributed by atoms with van der Waals surface area (Å²) in [4.78, 5) is 37.4. The molecular weight excluding hydrogens is 326 g/mol. The summed E-state index contributed by atoms with van der Waals surface area (Å²) in [6.45, 7) is 3.42. The van der Waals surface area contributed by atoms with Crippen molar-refractivity contribution < 1.29 is 19.1 Å². The number of rotatable bonds is 7. The molecule has 0 fully saturated rings. The number of carbonyl (C=O) groups excluding carboxylic acids is 3. The number of nitrogens with one attached hydrogen (secondary N) is 1. The van der Waals surface area contributed by atoms with Crippen molar-refractivity contribution in [1.82, 2.24) is 0 Å². The van der Waals surface area contributed by atoms with E-state index in [2.05, 4.69) is 5.32 Å². The second-order valence-electron chi connectivity index (χ2n) is 5.32. The van der Waals surface area contributed by atoms with Crippen LogP contribution in [-0.2, 0) is 14.3 Å². The topological polar surface area (TPSA) is 72.5 Å². The van der Waals surface area contributed by atoms with E-state index in [1.54, 1.807) is 30.3 Å². The maximum absolute atomic E-state index is 12.0. The monoisotopic (exact) mass is 345 g/mol. The lowest BCUT2D eigenvalue weighted by Crippen LogP contribution is -2.30. The summed E-state index contributed by atoms with van der Waals surface area (Å²) in [5, 5.41) is 2.66. The normalized spacial score (nSPS) is 11.6. The highest BCUT2D eigenvalue weighted by Crippen LogP contribution is 2.17. The fourth-order valence-corrected chi connectivity index (χ4v) is 2.83. The van der Waals surface area contributed by atoms with Gasteiger partial charge >= 0.3 is 5.97 Å². The van der Waals surface area contributed by atoms with Gasteiger partial charge in [0.1, 0.15) is 0 Å². The highest BCUT2D eigenvalue weighted by atomic mass is 32.1. The molecule has 1 amide bonds. The van der Waals surface area contributed by atoms with Crippen molar-refractivity contribution in [2.45, 2.75) is 32.8 Å². The Kier molecular flexibility index (Phi) is 6.26. The maximum atomic E-state index is 12.0. The molecule has 0 bridgehead atoms. The molecule has 0 spiro atoms. The summed E-state index contributed by atoms with van der Waals surface area (Å²) in [5.41, 5.74) is 0.633. The number of Topliss-reactive ketones (excluding diaryl/α,β-unsaturated/α-hetero) is 1. The molecule has 0 unspecified atom stereocenters. The van der Waals surface area contributed by atoms with E-state index in [0.29, 0.717) is 10.6 Å². The van der Waals surface area contributed by atoms with Gasteiger partial charge in [-0.2, -0.15) is 0 Å². The molecule has 0 aliphatic rings. The van der Waals surface area contributed by atoms with Crippen molar-refractivity contribution in [2.24, 2.45) is 0 Å². The largest absolute Gasteiger partial charge is 0.453 e.